The Morgan fingerprint density at radius 2 is 2.14 bits per heavy atom. The molecule has 0 saturated heterocycles. The number of hydrogen-bond donors (Lipinski definition) is 1. The van der Waals surface area contributed by atoms with Gasteiger partial charge >= 0.3 is 0 Å². The molecule has 0 fully saturated rings. The highest BCUT2D eigenvalue weighted by Crippen LogP contribution is 2.34. The largest absolute Gasteiger partial charge is 0.312 e. The Bertz CT molecular complexity index is 472. The maximum Gasteiger partial charge on any atom is 0.227 e. The number of para-hydroxylation sites is 1. The molecule has 2 rings (SSSR count). The van der Waals surface area contributed by atoms with Crippen LogP contribution in [0.5, 0.6) is 0 Å². The van der Waals surface area contributed by atoms with Crippen molar-refractivity contribution in [3.05, 3.63) is 29.8 Å². The van der Waals surface area contributed by atoms with Crippen molar-refractivity contribution in [2.75, 3.05) is 18.0 Å². The van der Waals surface area contributed by atoms with Gasteiger partial charge in [-0.05, 0) is 36.9 Å². The Hall–Kier alpha value is -1.35. The van der Waals surface area contributed by atoms with Crippen LogP contribution in [0.1, 0.15) is 58.1 Å². The lowest BCUT2D eigenvalue weighted by Gasteiger charge is -2.35. The first kappa shape index (κ1) is 16.0. The summed E-state index contributed by atoms with van der Waals surface area (Å²) in [6, 6.07) is 8.73. The highest BCUT2D eigenvalue weighted by atomic mass is 16.2. The van der Waals surface area contributed by atoms with Crippen LogP contribution in [0.15, 0.2) is 24.3 Å². The molecule has 1 aromatic rings. The van der Waals surface area contributed by atoms with Crippen LogP contribution in [0.2, 0.25) is 0 Å². The number of carbonyl (C=O) groups is 1. The standard InChI is InChI=1S/C18H28N2O/c1-4-11-19-16-10-12-20(18(21)13-14(3)5-2)17-9-7-6-8-15(16)17/h6-9,14,16,19H,4-5,10-13H2,1-3H3. The van der Waals surface area contributed by atoms with E-state index < -0.39 is 0 Å². The Labute approximate surface area is 128 Å². The predicted molar refractivity (Wildman–Crippen MR) is 88.5 cm³/mol. The van der Waals surface area contributed by atoms with Gasteiger partial charge in [-0.15, -0.1) is 0 Å². The van der Waals surface area contributed by atoms with Gasteiger partial charge in [-0.2, -0.15) is 0 Å². The molecule has 2 unspecified atom stereocenters. The normalized spacial score (nSPS) is 19.2. The van der Waals surface area contributed by atoms with E-state index in [-0.39, 0.29) is 5.91 Å². The number of nitrogens with zero attached hydrogens (tertiary/aromatic N) is 1. The first-order chi connectivity index (χ1) is 10.2. The summed E-state index contributed by atoms with van der Waals surface area (Å²) in [7, 11) is 0. The molecule has 0 spiro atoms. The molecular weight excluding hydrogens is 260 g/mol. The number of amides is 1. The molecule has 3 nitrogen and oxygen atoms in total. The van der Waals surface area contributed by atoms with E-state index in [2.05, 4.69) is 44.3 Å². The fourth-order valence-corrected chi connectivity index (χ4v) is 2.90. The van der Waals surface area contributed by atoms with Crippen molar-refractivity contribution in [1.29, 1.82) is 0 Å². The lowest BCUT2D eigenvalue weighted by atomic mass is 9.95. The highest BCUT2D eigenvalue weighted by molar-refractivity contribution is 5.94. The molecule has 1 amide bonds. The van der Waals surface area contributed by atoms with Crippen LogP contribution in [0.25, 0.3) is 0 Å². The zero-order valence-corrected chi connectivity index (χ0v) is 13.6. The smallest absolute Gasteiger partial charge is 0.227 e. The summed E-state index contributed by atoms with van der Waals surface area (Å²) in [6.45, 7) is 8.34. The van der Waals surface area contributed by atoms with Crippen LogP contribution >= 0.6 is 0 Å². The number of nitrogens with one attached hydrogen (secondary N) is 1. The highest BCUT2D eigenvalue weighted by Gasteiger charge is 2.28. The Balaban J connectivity index is 2.16. The zero-order valence-electron chi connectivity index (χ0n) is 13.6. The van der Waals surface area contributed by atoms with Crippen molar-refractivity contribution in [2.45, 2.75) is 52.5 Å². The Morgan fingerprint density at radius 3 is 2.86 bits per heavy atom. The summed E-state index contributed by atoms with van der Waals surface area (Å²) in [5.41, 5.74) is 2.38. The second kappa shape index (κ2) is 7.60. The van der Waals surface area contributed by atoms with E-state index >= 15 is 0 Å². The average Bonchev–Trinajstić information content (AvgIpc) is 2.52. The van der Waals surface area contributed by atoms with E-state index in [9.17, 15) is 4.79 Å². The van der Waals surface area contributed by atoms with Crippen LogP contribution < -0.4 is 10.2 Å². The van der Waals surface area contributed by atoms with Gasteiger partial charge in [0.25, 0.3) is 0 Å². The number of anilines is 1. The molecule has 0 aromatic heterocycles. The molecule has 2 atom stereocenters. The summed E-state index contributed by atoms with van der Waals surface area (Å²) in [5, 5.41) is 3.60. The van der Waals surface area contributed by atoms with Crippen LogP contribution in [-0.4, -0.2) is 19.0 Å². The molecule has 0 bridgehead atoms. The van der Waals surface area contributed by atoms with Crippen molar-refractivity contribution < 1.29 is 4.79 Å². The molecule has 1 heterocycles. The maximum atomic E-state index is 12.6. The third kappa shape index (κ3) is 3.85. The third-order valence-electron chi connectivity index (χ3n) is 4.41. The number of carbonyl (C=O) groups excluding carboxylic acids is 1. The van der Waals surface area contributed by atoms with Crippen molar-refractivity contribution >= 4 is 11.6 Å². The summed E-state index contributed by atoms with van der Waals surface area (Å²) in [6.07, 6.45) is 3.85. The topological polar surface area (TPSA) is 32.3 Å². The third-order valence-corrected chi connectivity index (χ3v) is 4.41. The minimum Gasteiger partial charge on any atom is -0.312 e. The van der Waals surface area contributed by atoms with Crippen molar-refractivity contribution in [1.82, 2.24) is 5.32 Å². The van der Waals surface area contributed by atoms with Crippen molar-refractivity contribution in [3.63, 3.8) is 0 Å². The molecule has 21 heavy (non-hydrogen) atoms. The number of benzene rings is 1. The van der Waals surface area contributed by atoms with E-state index in [1.54, 1.807) is 0 Å². The van der Waals surface area contributed by atoms with Gasteiger partial charge in [0.1, 0.15) is 0 Å². The lowest BCUT2D eigenvalue weighted by molar-refractivity contribution is -0.119. The van der Waals surface area contributed by atoms with Gasteiger partial charge < -0.3 is 10.2 Å². The second-order valence-electron chi connectivity index (χ2n) is 6.12. The first-order valence-corrected chi connectivity index (χ1v) is 8.30. The maximum absolute atomic E-state index is 12.6. The summed E-state index contributed by atoms with van der Waals surface area (Å²) < 4.78 is 0. The molecule has 0 radical (unpaired) electrons. The van der Waals surface area contributed by atoms with Crippen molar-refractivity contribution in [3.8, 4) is 0 Å². The summed E-state index contributed by atoms with van der Waals surface area (Å²) >= 11 is 0. The van der Waals surface area contributed by atoms with Crippen molar-refractivity contribution in [2.24, 2.45) is 5.92 Å². The molecule has 1 N–H and O–H groups in total. The quantitative estimate of drug-likeness (QED) is 0.861. The van der Waals surface area contributed by atoms with E-state index in [0.29, 0.717) is 18.4 Å². The van der Waals surface area contributed by atoms with Gasteiger partial charge in [-0.25, -0.2) is 0 Å². The molecule has 3 heteroatoms. The Kier molecular flexibility index (Phi) is 5.80. The van der Waals surface area contributed by atoms with Crippen LogP contribution in [-0.2, 0) is 4.79 Å². The molecular formula is C18H28N2O. The molecule has 1 aromatic carbocycles. The van der Waals surface area contributed by atoms with Crippen LogP contribution in [0.4, 0.5) is 5.69 Å². The minimum absolute atomic E-state index is 0.269. The molecule has 116 valence electrons. The fraction of sp³-hybridized carbons (Fsp3) is 0.611. The molecule has 1 aliphatic rings. The fourth-order valence-electron chi connectivity index (χ4n) is 2.90. The predicted octanol–water partition coefficient (Wildman–Crippen LogP) is 3.90. The minimum atomic E-state index is 0.269. The average molecular weight is 288 g/mol. The summed E-state index contributed by atoms with van der Waals surface area (Å²) in [4.78, 5) is 14.5. The second-order valence-corrected chi connectivity index (χ2v) is 6.12. The summed E-state index contributed by atoms with van der Waals surface area (Å²) in [5.74, 6) is 0.728. The van der Waals surface area contributed by atoms with Gasteiger partial charge in [0.15, 0.2) is 0 Å². The van der Waals surface area contributed by atoms with Gasteiger partial charge in [0.05, 0.1) is 0 Å². The van der Waals surface area contributed by atoms with E-state index in [1.165, 1.54) is 5.56 Å². The number of hydrogen-bond acceptors (Lipinski definition) is 2. The molecule has 0 saturated carbocycles. The van der Waals surface area contributed by atoms with Gasteiger partial charge in [-0.1, -0.05) is 45.4 Å². The molecule has 0 aliphatic carbocycles. The van der Waals surface area contributed by atoms with Gasteiger partial charge in [-0.3, -0.25) is 4.79 Å². The van der Waals surface area contributed by atoms with E-state index in [0.717, 1.165) is 38.0 Å². The van der Waals surface area contributed by atoms with Gasteiger partial charge in [0, 0.05) is 24.7 Å². The Morgan fingerprint density at radius 1 is 1.38 bits per heavy atom. The molecule has 1 aliphatic heterocycles. The first-order valence-electron chi connectivity index (χ1n) is 8.30. The van der Waals surface area contributed by atoms with Crippen LogP contribution in [0, 0.1) is 5.92 Å². The lowest BCUT2D eigenvalue weighted by Crippen LogP contribution is -2.40. The van der Waals surface area contributed by atoms with Gasteiger partial charge in [0.2, 0.25) is 5.91 Å². The number of fused-ring (bicyclic) bond motifs is 1. The zero-order chi connectivity index (χ0) is 15.2. The van der Waals surface area contributed by atoms with Crippen LogP contribution in [0.3, 0.4) is 0 Å². The monoisotopic (exact) mass is 288 g/mol. The SMILES string of the molecule is CCCNC1CCN(C(=O)CC(C)CC)c2ccccc21. The van der Waals surface area contributed by atoms with E-state index in [4.69, 9.17) is 0 Å². The number of rotatable bonds is 6. The van der Waals surface area contributed by atoms with E-state index in [1.807, 2.05) is 11.0 Å².